The van der Waals surface area contributed by atoms with Gasteiger partial charge in [0, 0.05) is 41.2 Å². The van der Waals surface area contributed by atoms with Gasteiger partial charge in [-0.15, -0.1) is 11.3 Å². The van der Waals surface area contributed by atoms with Crippen LogP contribution in [0.15, 0.2) is 53.6 Å². The smallest absolute Gasteiger partial charge is 0.411 e. The summed E-state index contributed by atoms with van der Waals surface area (Å²) in [7, 11) is -3.91. The van der Waals surface area contributed by atoms with Crippen LogP contribution in [0.1, 0.15) is 41.5 Å². The summed E-state index contributed by atoms with van der Waals surface area (Å²) in [6.45, 7) is 10.9. The van der Waals surface area contributed by atoms with Gasteiger partial charge in [-0.25, -0.2) is 22.9 Å². The third-order valence-electron chi connectivity index (χ3n) is 4.73. The summed E-state index contributed by atoms with van der Waals surface area (Å²) in [6.07, 6.45) is 1.11. The van der Waals surface area contributed by atoms with Crippen LogP contribution in [0.5, 0.6) is 0 Å². The van der Waals surface area contributed by atoms with E-state index in [1.807, 2.05) is 26.0 Å². The van der Waals surface area contributed by atoms with Crippen LogP contribution in [0.4, 0.5) is 16.2 Å². The van der Waals surface area contributed by atoms with E-state index in [0.717, 1.165) is 5.56 Å². The summed E-state index contributed by atoms with van der Waals surface area (Å²) < 4.78 is 34.4. The van der Waals surface area contributed by atoms with Crippen molar-refractivity contribution in [3.05, 3.63) is 48.7 Å². The number of amides is 2. The van der Waals surface area contributed by atoms with Gasteiger partial charge in [0.2, 0.25) is 15.9 Å². The molecule has 0 atom stereocenters. The first-order chi connectivity index (χ1) is 17.2. The molecular weight excluding hydrogens is 512 g/mol. The molecule has 0 saturated heterocycles. The van der Waals surface area contributed by atoms with E-state index in [1.54, 1.807) is 51.2 Å². The quantitative estimate of drug-likeness (QED) is 0.333. The molecule has 0 aliphatic rings. The van der Waals surface area contributed by atoms with E-state index in [-0.39, 0.29) is 16.7 Å². The molecule has 37 heavy (non-hydrogen) atoms. The van der Waals surface area contributed by atoms with E-state index in [1.165, 1.54) is 24.3 Å². The van der Waals surface area contributed by atoms with E-state index >= 15 is 0 Å². The Labute approximate surface area is 221 Å². The summed E-state index contributed by atoms with van der Waals surface area (Å²) in [5, 5.41) is 6.01. The minimum Gasteiger partial charge on any atom is -0.449 e. The lowest BCUT2D eigenvalue weighted by Gasteiger charge is -2.22. The Morgan fingerprint density at radius 2 is 1.68 bits per heavy atom. The first kappa shape index (κ1) is 28.3. The Morgan fingerprint density at radius 3 is 2.27 bits per heavy atom. The largest absolute Gasteiger partial charge is 0.449 e. The van der Waals surface area contributed by atoms with Gasteiger partial charge >= 0.3 is 6.09 Å². The molecule has 0 spiro atoms. The van der Waals surface area contributed by atoms with Crippen molar-refractivity contribution in [2.75, 3.05) is 17.2 Å². The molecule has 2 aromatic carbocycles. The van der Waals surface area contributed by atoms with Crippen molar-refractivity contribution in [3.8, 4) is 21.0 Å². The zero-order valence-electron chi connectivity index (χ0n) is 21.7. The Balaban J connectivity index is 1.90. The van der Waals surface area contributed by atoms with Gasteiger partial charge in [-0.05, 0) is 63.1 Å². The van der Waals surface area contributed by atoms with Crippen LogP contribution >= 0.6 is 11.3 Å². The molecule has 9 nitrogen and oxygen atoms in total. The highest BCUT2D eigenvalue weighted by atomic mass is 32.2. The van der Waals surface area contributed by atoms with Gasteiger partial charge in [0.15, 0.2) is 0 Å². The number of thiazole rings is 1. The van der Waals surface area contributed by atoms with Crippen molar-refractivity contribution in [1.29, 1.82) is 0 Å². The van der Waals surface area contributed by atoms with Crippen LogP contribution in [0.3, 0.4) is 0 Å². The Morgan fingerprint density at radius 1 is 1.03 bits per heavy atom. The number of aromatic nitrogens is 1. The summed E-state index contributed by atoms with van der Waals surface area (Å²) in [6, 6.07) is 11.9. The molecule has 198 valence electrons. The fraction of sp³-hybridized carbons (Fsp3) is 0.346. The summed E-state index contributed by atoms with van der Waals surface area (Å²) >= 11 is 1.34. The number of nitrogens with one attached hydrogen (secondary N) is 3. The van der Waals surface area contributed by atoms with Crippen LogP contribution in [0.2, 0.25) is 0 Å². The molecule has 0 aliphatic carbocycles. The minimum atomic E-state index is -3.91. The number of anilines is 2. The lowest BCUT2D eigenvalue weighted by Crippen LogP contribution is -2.40. The van der Waals surface area contributed by atoms with Crippen LogP contribution in [0.25, 0.3) is 21.0 Å². The van der Waals surface area contributed by atoms with Gasteiger partial charge in [0.25, 0.3) is 0 Å². The standard InChI is InChI=1S/C26H32N4O5S2/c1-16(2)15-35-25(32)29-19-9-7-18(8-10-19)24-27-14-22(36-24)21-12-11-20(28-17(3)31)13-23(21)37(33,34)30-26(4,5)6/h7-14,16,30H,15H2,1-6H3,(H,28,31)(H,29,32). The maximum atomic E-state index is 13.3. The molecule has 2 amide bonds. The zero-order chi connectivity index (χ0) is 27.4. The van der Waals surface area contributed by atoms with Crippen molar-refractivity contribution < 1.29 is 22.7 Å². The number of hydrogen-bond acceptors (Lipinski definition) is 7. The number of ether oxygens (including phenoxy) is 1. The Kier molecular flexibility index (Phi) is 8.72. The van der Waals surface area contributed by atoms with Gasteiger partial charge < -0.3 is 10.1 Å². The second-order valence-electron chi connectivity index (χ2n) is 9.97. The molecule has 1 heterocycles. The fourth-order valence-electron chi connectivity index (χ4n) is 3.31. The van der Waals surface area contributed by atoms with Crippen molar-refractivity contribution in [1.82, 2.24) is 9.71 Å². The number of carbonyl (C=O) groups is 2. The summed E-state index contributed by atoms with van der Waals surface area (Å²) in [5.41, 5.74) is 1.55. The lowest BCUT2D eigenvalue weighted by molar-refractivity contribution is -0.114. The number of sulfonamides is 1. The van der Waals surface area contributed by atoms with Crippen molar-refractivity contribution in [3.63, 3.8) is 0 Å². The molecule has 3 aromatic rings. The highest BCUT2D eigenvalue weighted by Crippen LogP contribution is 2.37. The van der Waals surface area contributed by atoms with E-state index < -0.39 is 21.7 Å². The van der Waals surface area contributed by atoms with Crippen molar-refractivity contribution >= 4 is 44.7 Å². The molecule has 0 bridgehead atoms. The molecular formula is C26H32N4O5S2. The van der Waals surface area contributed by atoms with Crippen LogP contribution in [-0.2, 0) is 19.6 Å². The molecule has 0 aliphatic heterocycles. The van der Waals surface area contributed by atoms with Gasteiger partial charge in [-0.3, -0.25) is 10.1 Å². The first-order valence-corrected chi connectivity index (χ1v) is 14.0. The molecule has 3 rings (SSSR count). The monoisotopic (exact) mass is 544 g/mol. The zero-order valence-corrected chi connectivity index (χ0v) is 23.3. The van der Waals surface area contributed by atoms with Gasteiger partial charge in [0.05, 0.1) is 16.4 Å². The second kappa shape index (κ2) is 11.4. The lowest BCUT2D eigenvalue weighted by atomic mass is 10.1. The van der Waals surface area contributed by atoms with E-state index in [2.05, 4.69) is 20.3 Å². The SMILES string of the molecule is CC(=O)Nc1ccc(-c2cnc(-c3ccc(NC(=O)OCC(C)C)cc3)s2)c(S(=O)(=O)NC(C)(C)C)c1. The predicted octanol–water partition coefficient (Wildman–Crippen LogP) is 5.72. The van der Waals surface area contributed by atoms with Gasteiger partial charge in [0.1, 0.15) is 5.01 Å². The second-order valence-corrected chi connectivity index (χ2v) is 12.7. The van der Waals surface area contributed by atoms with Crippen molar-refractivity contribution in [2.45, 2.75) is 52.0 Å². The molecule has 3 N–H and O–H groups in total. The summed E-state index contributed by atoms with van der Waals surface area (Å²) in [5.74, 6) is -0.0559. The number of carbonyl (C=O) groups excluding carboxylic acids is 2. The highest BCUT2D eigenvalue weighted by Gasteiger charge is 2.26. The molecule has 0 unspecified atom stereocenters. The number of nitrogens with zero attached hydrogens (tertiary/aromatic N) is 1. The normalized spacial score (nSPS) is 11.9. The molecule has 1 aromatic heterocycles. The minimum absolute atomic E-state index is 0.0448. The van der Waals surface area contributed by atoms with Crippen LogP contribution in [0, 0.1) is 5.92 Å². The van der Waals surface area contributed by atoms with Crippen LogP contribution in [-0.4, -0.2) is 37.5 Å². The topological polar surface area (TPSA) is 126 Å². The average molecular weight is 545 g/mol. The molecule has 11 heteroatoms. The average Bonchev–Trinajstić information content (AvgIpc) is 3.26. The Hall–Kier alpha value is -3.28. The van der Waals surface area contributed by atoms with Crippen LogP contribution < -0.4 is 15.4 Å². The van der Waals surface area contributed by atoms with Gasteiger partial charge in [-0.1, -0.05) is 19.9 Å². The third kappa shape index (κ3) is 8.11. The molecule has 0 radical (unpaired) electrons. The van der Waals surface area contributed by atoms with Crippen molar-refractivity contribution in [2.24, 2.45) is 5.92 Å². The first-order valence-electron chi connectivity index (χ1n) is 11.7. The third-order valence-corrected chi connectivity index (χ3v) is 7.61. The van der Waals surface area contributed by atoms with E-state index in [4.69, 9.17) is 4.74 Å². The summed E-state index contributed by atoms with van der Waals surface area (Å²) in [4.78, 5) is 28.6. The number of benzene rings is 2. The van der Waals surface area contributed by atoms with E-state index in [9.17, 15) is 18.0 Å². The molecule has 0 fully saturated rings. The number of rotatable bonds is 8. The molecule has 0 saturated carbocycles. The Bertz CT molecular complexity index is 1370. The highest BCUT2D eigenvalue weighted by molar-refractivity contribution is 7.89. The maximum absolute atomic E-state index is 13.3. The number of hydrogen-bond donors (Lipinski definition) is 3. The fourth-order valence-corrected chi connectivity index (χ4v) is 6.00. The maximum Gasteiger partial charge on any atom is 0.411 e. The van der Waals surface area contributed by atoms with Gasteiger partial charge in [-0.2, -0.15) is 0 Å². The van der Waals surface area contributed by atoms with E-state index in [0.29, 0.717) is 33.4 Å². The predicted molar refractivity (Wildman–Crippen MR) is 147 cm³/mol.